The fourth-order valence-electron chi connectivity index (χ4n) is 2.75. The van der Waals surface area contributed by atoms with Crippen LogP contribution in [0.5, 0.6) is 5.75 Å². The molecule has 1 aromatic carbocycles. The summed E-state index contributed by atoms with van der Waals surface area (Å²) in [6.45, 7) is 5.58. The molecule has 1 aliphatic rings. The molecular formula is C16H24BrNO. The van der Waals surface area contributed by atoms with Crippen molar-refractivity contribution in [3.63, 3.8) is 0 Å². The molecular weight excluding hydrogens is 302 g/mol. The van der Waals surface area contributed by atoms with Gasteiger partial charge in [-0.3, -0.25) is 0 Å². The average molecular weight is 326 g/mol. The van der Waals surface area contributed by atoms with E-state index in [1.165, 1.54) is 18.4 Å². The van der Waals surface area contributed by atoms with Crippen molar-refractivity contribution in [2.24, 2.45) is 11.8 Å². The van der Waals surface area contributed by atoms with Crippen molar-refractivity contribution >= 4 is 15.9 Å². The molecule has 0 aromatic heterocycles. The van der Waals surface area contributed by atoms with Gasteiger partial charge in [0.25, 0.3) is 0 Å². The summed E-state index contributed by atoms with van der Waals surface area (Å²) in [5.41, 5.74) is 1.33. The molecule has 0 bridgehead atoms. The van der Waals surface area contributed by atoms with Crippen LogP contribution in [0.1, 0.15) is 32.3 Å². The predicted octanol–water partition coefficient (Wildman–Crippen LogP) is 4.02. The molecule has 0 saturated heterocycles. The fourth-order valence-corrected chi connectivity index (χ4v) is 3.16. The smallest absolute Gasteiger partial charge is 0.122 e. The number of ether oxygens (including phenoxy) is 1. The predicted molar refractivity (Wildman–Crippen MR) is 83.8 cm³/mol. The van der Waals surface area contributed by atoms with Gasteiger partial charge in [0.05, 0.1) is 7.11 Å². The highest BCUT2D eigenvalue weighted by Gasteiger charge is 2.31. The highest BCUT2D eigenvalue weighted by atomic mass is 79.9. The van der Waals surface area contributed by atoms with Crippen molar-refractivity contribution in [2.75, 3.05) is 13.7 Å². The standard InChI is InChI=1S/C16H24BrNO/c1-11(2)18-10-13-5-4-12(13)8-14-9-15(17)6-7-16(14)19-3/h6-7,9,11-13,18H,4-5,8,10H2,1-3H3. The molecule has 0 aliphatic heterocycles. The van der Waals surface area contributed by atoms with Gasteiger partial charge in [0.15, 0.2) is 0 Å². The van der Waals surface area contributed by atoms with Crippen LogP contribution in [0.3, 0.4) is 0 Å². The van der Waals surface area contributed by atoms with Crippen LogP contribution in [-0.2, 0) is 6.42 Å². The molecule has 0 amide bonds. The zero-order valence-corrected chi connectivity index (χ0v) is 13.7. The quantitative estimate of drug-likeness (QED) is 0.852. The van der Waals surface area contributed by atoms with E-state index >= 15 is 0 Å². The topological polar surface area (TPSA) is 21.3 Å². The first-order valence-corrected chi connectivity index (χ1v) is 7.95. The molecule has 1 saturated carbocycles. The molecule has 1 N–H and O–H groups in total. The summed E-state index contributed by atoms with van der Waals surface area (Å²) < 4.78 is 6.61. The van der Waals surface area contributed by atoms with E-state index in [9.17, 15) is 0 Å². The number of halogens is 1. The van der Waals surface area contributed by atoms with E-state index in [-0.39, 0.29) is 0 Å². The molecule has 0 spiro atoms. The SMILES string of the molecule is COc1ccc(Br)cc1CC1CCC1CNC(C)C. The minimum absolute atomic E-state index is 0.585. The molecule has 106 valence electrons. The third-order valence-electron chi connectivity index (χ3n) is 4.09. The van der Waals surface area contributed by atoms with Crippen LogP contribution in [0.4, 0.5) is 0 Å². The lowest BCUT2D eigenvalue weighted by Gasteiger charge is -2.37. The zero-order chi connectivity index (χ0) is 13.8. The van der Waals surface area contributed by atoms with Crippen molar-refractivity contribution in [1.82, 2.24) is 5.32 Å². The van der Waals surface area contributed by atoms with Crippen LogP contribution in [0, 0.1) is 11.8 Å². The van der Waals surface area contributed by atoms with Crippen LogP contribution in [0.25, 0.3) is 0 Å². The van der Waals surface area contributed by atoms with Crippen molar-refractivity contribution in [2.45, 2.75) is 39.2 Å². The Hall–Kier alpha value is -0.540. The summed E-state index contributed by atoms with van der Waals surface area (Å²) in [6.07, 6.45) is 3.84. The van der Waals surface area contributed by atoms with E-state index < -0.39 is 0 Å². The molecule has 19 heavy (non-hydrogen) atoms. The van der Waals surface area contributed by atoms with E-state index in [4.69, 9.17) is 4.74 Å². The van der Waals surface area contributed by atoms with Crippen LogP contribution < -0.4 is 10.1 Å². The van der Waals surface area contributed by atoms with Gasteiger partial charge in [-0.1, -0.05) is 29.8 Å². The van der Waals surface area contributed by atoms with Crippen LogP contribution in [0.2, 0.25) is 0 Å². The summed E-state index contributed by atoms with van der Waals surface area (Å²) in [4.78, 5) is 0. The van der Waals surface area contributed by atoms with Crippen molar-refractivity contribution in [1.29, 1.82) is 0 Å². The Morgan fingerprint density at radius 2 is 2.05 bits per heavy atom. The van der Waals surface area contributed by atoms with Gasteiger partial charge < -0.3 is 10.1 Å². The Kier molecular flexibility index (Phi) is 5.28. The van der Waals surface area contributed by atoms with Crippen LogP contribution in [0.15, 0.2) is 22.7 Å². The molecule has 3 heteroatoms. The van der Waals surface area contributed by atoms with E-state index in [1.807, 2.05) is 6.07 Å². The first kappa shape index (κ1) is 14.9. The number of nitrogens with one attached hydrogen (secondary N) is 1. The lowest BCUT2D eigenvalue weighted by Crippen LogP contribution is -2.38. The highest BCUT2D eigenvalue weighted by Crippen LogP contribution is 2.38. The Labute approximate surface area is 125 Å². The lowest BCUT2D eigenvalue weighted by molar-refractivity contribution is 0.166. The highest BCUT2D eigenvalue weighted by molar-refractivity contribution is 9.10. The van der Waals surface area contributed by atoms with Gasteiger partial charge in [-0.15, -0.1) is 0 Å². The maximum Gasteiger partial charge on any atom is 0.122 e. The first-order valence-electron chi connectivity index (χ1n) is 7.16. The number of hydrogen-bond acceptors (Lipinski definition) is 2. The van der Waals surface area contributed by atoms with Gasteiger partial charge in [-0.05, 0) is 61.4 Å². The Bertz CT molecular complexity index is 419. The minimum atomic E-state index is 0.585. The summed E-state index contributed by atoms with van der Waals surface area (Å²) >= 11 is 3.55. The summed E-state index contributed by atoms with van der Waals surface area (Å²) in [7, 11) is 1.76. The molecule has 0 heterocycles. The van der Waals surface area contributed by atoms with Gasteiger partial charge in [-0.2, -0.15) is 0 Å². The van der Waals surface area contributed by atoms with E-state index in [0.717, 1.165) is 35.0 Å². The molecule has 1 aromatic rings. The molecule has 2 nitrogen and oxygen atoms in total. The molecule has 2 unspecified atom stereocenters. The molecule has 0 radical (unpaired) electrons. The van der Waals surface area contributed by atoms with Gasteiger partial charge >= 0.3 is 0 Å². The van der Waals surface area contributed by atoms with Gasteiger partial charge in [0.2, 0.25) is 0 Å². The molecule has 1 aliphatic carbocycles. The maximum absolute atomic E-state index is 5.47. The summed E-state index contributed by atoms with van der Waals surface area (Å²) in [5, 5.41) is 3.56. The Morgan fingerprint density at radius 1 is 1.32 bits per heavy atom. The number of hydrogen-bond donors (Lipinski definition) is 1. The van der Waals surface area contributed by atoms with Gasteiger partial charge in [-0.25, -0.2) is 0 Å². The number of rotatable bonds is 6. The van der Waals surface area contributed by atoms with Gasteiger partial charge in [0.1, 0.15) is 5.75 Å². The molecule has 1 fully saturated rings. The fraction of sp³-hybridized carbons (Fsp3) is 0.625. The van der Waals surface area contributed by atoms with Gasteiger partial charge in [0, 0.05) is 10.5 Å². The van der Waals surface area contributed by atoms with E-state index in [0.29, 0.717) is 6.04 Å². The average Bonchev–Trinajstić information content (AvgIpc) is 2.34. The van der Waals surface area contributed by atoms with E-state index in [1.54, 1.807) is 7.11 Å². The molecule has 2 rings (SSSR count). The van der Waals surface area contributed by atoms with Crippen LogP contribution >= 0.6 is 15.9 Å². The second-order valence-electron chi connectivity index (χ2n) is 5.82. The largest absolute Gasteiger partial charge is 0.496 e. The Balaban J connectivity index is 1.95. The normalized spacial score (nSPS) is 22.4. The third-order valence-corrected chi connectivity index (χ3v) is 4.58. The number of benzene rings is 1. The molecule has 2 atom stereocenters. The summed E-state index contributed by atoms with van der Waals surface area (Å²) in [6, 6.07) is 6.88. The zero-order valence-electron chi connectivity index (χ0n) is 12.1. The van der Waals surface area contributed by atoms with Crippen LogP contribution in [-0.4, -0.2) is 19.7 Å². The van der Waals surface area contributed by atoms with E-state index in [2.05, 4.69) is 47.2 Å². The second kappa shape index (κ2) is 6.76. The van der Waals surface area contributed by atoms with Crippen molar-refractivity contribution in [3.05, 3.63) is 28.2 Å². The maximum atomic E-state index is 5.47. The number of methoxy groups -OCH3 is 1. The van der Waals surface area contributed by atoms with Crippen molar-refractivity contribution in [3.8, 4) is 5.75 Å². The second-order valence-corrected chi connectivity index (χ2v) is 6.74. The van der Waals surface area contributed by atoms with Crippen molar-refractivity contribution < 1.29 is 4.74 Å². The minimum Gasteiger partial charge on any atom is -0.496 e. The lowest BCUT2D eigenvalue weighted by atomic mass is 9.70. The third kappa shape index (κ3) is 3.96. The monoisotopic (exact) mass is 325 g/mol. The first-order chi connectivity index (χ1) is 9.10. The Morgan fingerprint density at radius 3 is 2.63 bits per heavy atom. The summed E-state index contributed by atoms with van der Waals surface area (Å²) in [5.74, 6) is 2.64.